The minimum absolute atomic E-state index is 0.0995. The number of benzene rings is 2. The van der Waals surface area contributed by atoms with Crippen LogP contribution in [-0.4, -0.2) is 27.5 Å². The lowest BCUT2D eigenvalue weighted by atomic mass is 10.1. The summed E-state index contributed by atoms with van der Waals surface area (Å²) in [7, 11) is -3.77. The summed E-state index contributed by atoms with van der Waals surface area (Å²) >= 11 is 0. The van der Waals surface area contributed by atoms with Crippen molar-refractivity contribution in [2.75, 3.05) is 22.8 Å². The van der Waals surface area contributed by atoms with Gasteiger partial charge < -0.3 is 9.64 Å². The average Bonchev–Trinajstić information content (AvgIpc) is 2.55. The van der Waals surface area contributed by atoms with Gasteiger partial charge in [0.15, 0.2) is 0 Å². The second-order valence-electron chi connectivity index (χ2n) is 6.02. The van der Waals surface area contributed by atoms with E-state index in [1.165, 1.54) is 13.0 Å². The van der Waals surface area contributed by atoms with Crippen molar-refractivity contribution >= 4 is 27.3 Å². The molecular formula is C18H20N2O4S. The molecule has 0 atom stereocenters. The summed E-state index contributed by atoms with van der Waals surface area (Å²) in [6.07, 6.45) is 0. The number of fused-ring (bicyclic) bond motifs is 1. The molecule has 7 heteroatoms. The van der Waals surface area contributed by atoms with E-state index < -0.39 is 10.0 Å². The largest absolute Gasteiger partial charge is 0.489 e. The van der Waals surface area contributed by atoms with Crippen LogP contribution in [0.5, 0.6) is 5.75 Å². The number of nitrogens with one attached hydrogen (secondary N) is 1. The lowest BCUT2D eigenvalue weighted by molar-refractivity contribution is -0.116. The summed E-state index contributed by atoms with van der Waals surface area (Å²) in [5.74, 6) is 0.301. The first-order valence-corrected chi connectivity index (χ1v) is 9.42. The number of amides is 1. The Kier molecular flexibility index (Phi) is 4.43. The number of ether oxygens (including phenoxy) is 1. The van der Waals surface area contributed by atoms with Gasteiger partial charge in [-0.15, -0.1) is 0 Å². The Labute approximate surface area is 147 Å². The zero-order valence-corrected chi connectivity index (χ0v) is 15.2. The summed E-state index contributed by atoms with van der Waals surface area (Å²) in [4.78, 5) is 13.5. The lowest BCUT2D eigenvalue weighted by Crippen LogP contribution is -2.36. The molecular weight excluding hydrogens is 340 g/mol. The smallest absolute Gasteiger partial charge is 0.262 e. The summed E-state index contributed by atoms with van der Waals surface area (Å²) in [6, 6.07) is 10.3. The van der Waals surface area contributed by atoms with Crippen molar-refractivity contribution in [2.24, 2.45) is 0 Å². The summed E-state index contributed by atoms with van der Waals surface area (Å²) < 4.78 is 33.9. The maximum absolute atomic E-state index is 12.8. The maximum Gasteiger partial charge on any atom is 0.262 e. The van der Waals surface area contributed by atoms with E-state index in [0.29, 0.717) is 35.8 Å². The van der Waals surface area contributed by atoms with E-state index in [4.69, 9.17) is 4.74 Å². The Bertz CT molecular complexity index is 938. The van der Waals surface area contributed by atoms with E-state index in [1.54, 1.807) is 30.0 Å². The maximum atomic E-state index is 12.8. The van der Waals surface area contributed by atoms with Crippen LogP contribution in [-0.2, 0) is 14.8 Å². The summed E-state index contributed by atoms with van der Waals surface area (Å²) in [6.45, 7) is 5.82. The molecule has 132 valence electrons. The van der Waals surface area contributed by atoms with Crippen LogP contribution < -0.4 is 14.4 Å². The molecule has 3 rings (SSSR count). The van der Waals surface area contributed by atoms with Crippen LogP contribution in [0.4, 0.5) is 11.4 Å². The molecule has 6 nitrogen and oxygen atoms in total. The Morgan fingerprint density at radius 3 is 2.56 bits per heavy atom. The van der Waals surface area contributed by atoms with Gasteiger partial charge >= 0.3 is 0 Å². The Balaban J connectivity index is 2.03. The number of anilines is 2. The molecule has 1 heterocycles. The number of sulfonamides is 1. The van der Waals surface area contributed by atoms with Gasteiger partial charge in [-0.2, -0.15) is 0 Å². The van der Waals surface area contributed by atoms with Crippen LogP contribution >= 0.6 is 0 Å². The van der Waals surface area contributed by atoms with Crippen molar-refractivity contribution in [1.29, 1.82) is 0 Å². The second-order valence-corrected chi connectivity index (χ2v) is 7.68. The van der Waals surface area contributed by atoms with Gasteiger partial charge in [-0.05, 0) is 37.1 Å². The Morgan fingerprint density at radius 2 is 1.88 bits per heavy atom. The molecule has 1 aliphatic rings. The molecule has 25 heavy (non-hydrogen) atoms. The predicted octanol–water partition coefficient (Wildman–Crippen LogP) is 2.85. The summed E-state index contributed by atoms with van der Waals surface area (Å²) in [5, 5.41) is 0. The van der Waals surface area contributed by atoms with Gasteiger partial charge in [0.05, 0.1) is 22.8 Å². The van der Waals surface area contributed by atoms with Crippen molar-refractivity contribution in [1.82, 2.24) is 0 Å². The number of nitrogens with zero attached hydrogens (tertiary/aromatic N) is 1. The number of carbonyl (C=O) groups is 1. The minimum atomic E-state index is -3.77. The number of para-hydroxylation sites is 1. The number of aryl methyl sites for hydroxylation is 2. The zero-order chi connectivity index (χ0) is 18.2. The minimum Gasteiger partial charge on any atom is -0.489 e. The highest BCUT2D eigenvalue weighted by atomic mass is 32.2. The molecule has 2 aromatic rings. The molecule has 0 unspecified atom stereocenters. The topological polar surface area (TPSA) is 75.7 Å². The first-order chi connectivity index (χ1) is 11.8. The molecule has 0 saturated heterocycles. The quantitative estimate of drug-likeness (QED) is 0.913. The molecule has 0 saturated carbocycles. The molecule has 1 N–H and O–H groups in total. The third-order valence-electron chi connectivity index (χ3n) is 4.18. The van der Waals surface area contributed by atoms with Crippen molar-refractivity contribution in [3.8, 4) is 5.75 Å². The van der Waals surface area contributed by atoms with E-state index in [0.717, 1.165) is 5.56 Å². The molecule has 1 aliphatic heterocycles. The lowest BCUT2D eigenvalue weighted by Gasteiger charge is -2.29. The van der Waals surface area contributed by atoms with E-state index in [-0.39, 0.29) is 10.8 Å². The van der Waals surface area contributed by atoms with E-state index in [1.807, 2.05) is 19.1 Å². The molecule has 0 bridgehead atoms. The van der Waals surface area contributed by atoms with Crippen LogP contribution in [0.2, 0.25) is 0 Å². The average molecular weight is 360 g/mol. The van der Waals surface area contributed by atoms with Gasteiger partial charge in [-0.1, -0.05) is 18.2 Å². The van der Waals surface area contributed by atoms with Crippen molar-refractivity contribution in [2.45, 2.75) is 25.7 Å². The molecule has 0 aromatic heterocycles. The highest BCUT2D eigenvalue weighted by molar-refractivity contribution is 7.92. The Morgan fingerprint density at radius 1 is 1.16 bits per heavy atom. The number of carbonyl (C=O) groups excluding carboxylic acids is 1. The fraction of sp³-hybridized carbons (Fsp3) is 0.278. The molecule has 1 amide bonds. The fourth-order valence-corrected chi connectivity index (χ4v) is 4.23. The normalized spacial score (nSPS) is 13.8. The van der Waals surface area contributed by atoms with Gasteiger partial charge in [0.2, 0.25) is 5.91 Å². The molecule has 0 radical (unpaired) electrons. The zero-order valence-electron chi connectivity index (χ0n) is 14.4. The molecule has 0 fully saturated rings. The molecule has 2 aromatic carbocycles. The van der Waals surface area contributed by atoms with E-state index in [9.17, 15) is 13.2 Å². The van der Waals surface area contributed by atoms with Gasteiger partial charge in [-0.3, -0.25) is 9.52 Å². The molecule has 0 aliphatic carbocycles. The third-order valence-corrected chi connectivity index (χ3v) is 5.69. The van der Waals surface area contributed by atoms with E-state index in [2.05, 4.69) is 4.72 Å². The summed E-state index contributed by atoms with van der Waals surface area (Å²) in [5.41, 5.74) is 2.52. The van der Waals surface area contributed by atoms with E-state index >= 15 is 0 Å². The highest BCUT2D eigenvalue weighted by Gasteiger charge is 2.26. The van der Waals surface area contributed by atoms with Gasteiger partial charge in [-0.25, -0.2) is 8.42 Å². The first-order valence-electron chi connectivity index (χ1n) is 7.93. The second kappa shape index (κ2) is 6.40. The van der Waals surface area contributed by atoms with Crippen LogP contribution in [0.1, 0.15) is 18.1 Å². The van der Waals surface area contributed by atoms with Crippen LogP contribution in [0, 0.1) is 13.8 Å². The number of hydrogen-bond donors (Lipinski definition) is 1. The van der Waals surface area contributed by atoms with Crippen LogP contribution in [0.25, 0.3) is 0 Å². The third kappa shape index (κ3) is 3.32. The van der Waals surface area contributed by atoms with Crippen molar-refractivity contribution in [3.63, 3.8) is 0 Å². The standard InChI is InChI=1S/C18H20N2O4S/c1-12-6-4-5-7-15(12)19-25(22,23)18-11-17-16(10-13(18)2)20(14(3)21)8-9-24-17/h4-7,10-11,19H,8-9H2,1-3H3. The fourth-order valence-electron chi connectivity index (χ4n) is 2.85. The first kappa shape index (κ1) is 17.3. The predicted molar refractivity (Wildman–Crippen MR) is 96.7 cm³/mol. The monoisotopic (exact) mass is 360 g/mol. The van der Waals surface area contributed by atoms with Gasteiger partial charge in [0.25, 0.3) is 10.0 Å². The van der Waals surface area contributed by atoms with Gasteiger partial charge in [0, 0.05) is 13.0 Å². The van der Waals surface area contributed by atoms with Crippen LogP contribution in [0.15, 0.2) is 41.3 Å². The SMILES string of the molecule is CC(=O)N1CCOc2cc(S(=O)(=O)Nc3ccccc3C)c(C)cc21. The highest BCUT2D eigenvalue weighted by Crippen LogP contribution is 2.36. The number of hydrogen-bond acceptors (Lipinski definition) is 4. The Hall–Kier alpha value is -2.54. The van der Waals surface area contributed by atoms with Crippen molar-refractivity contribution < 1.29 is 17.9 Å². The van der Waals surface area contributed by atoms with Gasteiger partial charge in [0.1, 0.15) is 12.4 Å². The van der Waals surface area contributed by atoms with Crippen molar-refractivity contribution in [3.05, 3.63) is 47.5 Å². The van der Waals surface area contributed by atoms with Crippen LogP contribution in [0.3, 0.4) is 0 Å². The molecule has 0 spiro atoms. The number of rotatable bonds is 3.